The first-order valence-electron chi connectivity index (χ1n) is 11.9. The maximum Gasteiger partial charge on any atom is 0.185 e. The lowest BCUT2D eigenvalue weighted by Crippen LogP contribution is -2.31. The van der Waals surface area contributed by atoms with Gasteiger partial charge < -0.3 is 10.5 Å². The van der Waals surface area contributed by atoms with Crippen molar-refractivity contribution in [3.05, 3.63) is 77.5 Å². The summed E-state index contributed by atoms with van der Waals surface area (Å²) in [5, 5.41) is 4.15. The molecule has 0 aliphatic heterocycles. The predicted octanol–water partition coefficient (Wildman–Crippen LogP) is 4.73. The van der Waals surface area contributed by atoms with E-state index in [1.807, 2.05) is 6.07 Å². The van der Waals surface area contributed by atoms with Crippen LogP contribution >= 0.6 is 0 Å². The van der Waals surface area contributed by atoms with Crippen molar-refractivity contribution < 1.29 is 18.3 Å². The standard InChI is InChI=1S/C27H27F2N5O2/c1-15-7-16(9-18(30)8-15)20-3-5-31-13-17(20)10-25(35)24-4-6-34-27(33-24)21(14-32-34)26-22(28)11-19(36-2)12-23(26)29/h3-6,11-16,18H,7-10,30H2,1-2H3/t15-,16+,18-/m0/s1. The van der Waals surface area contributed by atoms with Gasteiger partial charge in [-0.2, -0.15) is 5.10 Å². The van der Waals surface area contributed by atoms with Crippen LogP contribution in [-0.4, -0.2) is 38.5 Å². The summed E-state index contributed by atoms with van der Waals surface area (Å²) in [5.74, 6) is -0.983. The molecule has 1 aliphatic carbocycles. The number of methoxy groups -OCH3 is 1. The number of hydrogen-bond acceptors (Lipinski definition) is 6. The summed E-state index contributed by atoms with van der Waals surface area (Å²) in [6.45, 7) is 2.20. The van der Waals surface area contributed by atoms with E-state index in [0.717, 1.165) is 42.5 Å². The average molecular weight is 492 g/mol. The number of halogens is 2. The second-order valence-electron chi connectivity index (χ2n) is 9.55. The SMILES string of the molecule is COc1cc(F)c(-c2cnn3ccc(C(=O)Cc4cnccc4[C@@H]4C[C@H](C)C[C@H](N)C4)nc23)c(F)c1. The highest BCUT2D eigenvalue weighted by atomic mass is 19.1. The quantitative estimate of drug-likeness (QED) is 0.392. The number of fused-ring (bicyclic) bond motifs is 1. The van der Waals surface area contributed by atoms with E-state index in [9.17, 15) is 13.6 Å². The minimum absolute atomic E-state index is 0.0645. The highest BCUT2D eigenvalue weighted by molar-refractivity contribution is 5.96. The Bertz CT molecular complexity index is 1400. The van der Waals surface area contributed by atoms with Crippen LogP contribution in [-0.2, 0) is 6.42 Å². The van der Waals surface area contributed by atoms with Crippen LogP contribution < -0.4 is 10.5 Å². The lowest BCUT2D eigenvalue weighted by molar-refractivity contribution is 0.0987. The van der Waals surface area contributed by atoms with E-state index in [0.29, 0.717) is 5.92 Å². The van der Waals surface area contributed by atoms with Crippen molar-refractivity contribution in [1.29, 1.82) is 0 Å². The molecular weight excluding hydrogens is 464 g/mol. The van der Waals surface area contributed by atoms with Crippen LogP contribution in [0.5, 0.6) is 5.75 Å². The Balaban J connectivity index is 1.47. The van der Waals surface area contributed by atoms with E-state index in [1.54, 1.807) is 24.7 Å². The average Bonchev–Trinajstić information content (AvgIpc) is 3.26. The molecule has 0 unspecified atom stereocenters. The molecule has 3 atom stereocenters. The molecule has 0 amide bonds. The largest absolute Gasteiger partial charge is 0.497 e. The highest BCUT2D eigenvalue weighted by Gasteiger charge is 2.28. The maximum atomic E-state index is 14.7. The van der Waals surface area contributed by atoms with Gasteiger partial charge in [0.2, 0.25) is 0 Å². The molecule has 9 heteroatoms. The van der Waals surface area contributed by atoms with Crippen molar-refractivity contribution in [3.63, 3.8) is 0 Å². The van der Waals surface area contributed by atoms with Crippen LogP contribution in [0.3, 0.4) is 0 Å². The lowest BCUT2D eigenvalue weighted by atomic mass is 9.75. The molecule has 36 heavy (non-hydrogen) atoms. The third kappa shape index (κ3) is 4.58. The molecule has 3 aromatic heterocycles. The van der Waals surface area contributed by atoms with Crippen molar-refractivity contribution in [3.8, 4) is 16.9 Å². The monoisotopic (exact) mass is 491 g/mol. The summed E-state index contributed by atoms with van der Waals surface area (Å²) < 4.78 is 35.8. The number of ether oxygens (including phenoxy) is 1. The van der Waals surface area contributed by atoms with Gasteiger partial charge in [0, 0.05) is 43.2 Å². The van der Waals surface area contributed by atoms with Crippen LogP contribution in [0.2, 0.25) is 0 Å². The Hall–Kier alpha value is -3.72. The number of aromatic nitrogens is 4. The molecule has 186 valence electrons. The number of ketones is 1. The number of benzene rings is 1. The van der Waals surface area contributed by atoms with Crippen LogP contribution in [0.1, 0.15) is 53.7 Å². The van der Waals surface area contributed by atoms with E-state index in [4.69, 9.17) is 10.5 Å². The number of carbonyl (C=O) groups is 1. The predicted molar refractivity (Wildman–Crippen MR) is 131 cm³/mol. The normalized spacial score (nSPS) is 20.0. The molecule has 1 aliphatic rings. The molecule has 1 saturated carbocycles. The Labute approximate surface area is 207 Å². The summed E-state index contributed by atoms with van der Waals surface area (Å²) in [4.78, 5) is 22.0. The van der Waals surface area contributed by atoms with E-state index in [1.165, 1.54) is 17.8 Å². The molecule has 0 saturated heterocycles. The van der Waals surface area contributed by atoms with Gasteiger partial charge in [-0.05, 0) is 54.4 Å². The minimum atomic E-state index is -0.805. The third-order valence-corrected chi connectivity index (χ3v) is 6.89. The second kappa shape index (κ2) is 9.73. The van der Waals surface area contributed by atoms with Gasteiger partial charge in [-0.3, -0.25) is 9.78 Å². The Morgan fingerprint density at radius 2 is 1.94 bits per heavy atom. The molecule has 0 bridgehead atoms. The van der Waals surface area contributed by atoms with Gasteiger partial charge in [0.25, 0.3) is 0 Å². The molecule has 2 N–H and O–H groups in total. The number of nitrogens with two attached hydrogens (primary N) is 1. The zero-order valence-corrected chi connectivity index (χ0v) is 20.1. The summed E-state index contributed by atoms with van der Waals surface area (Å²) in [5.41, 5.74) is 8.45. The van der Waals surface area contributed by atoms with E-state index >= 15 is 0 Å². The highest BCUT2D eigenvalue weighted by Crippen LogP contribution is 2.37. The third-order valence-electron chi connectivity index (χ3n) is 6.89. The number of Topliss-reactive ketones (excluding diaryl/α,β-unsaturated/α-hetero) is 1. The van der Waals surface area contributed by atoms with Crippen LogP contribution in [0.15, 0.2) is 49.1 Å². The zero-order valence-electron chi connectivity index (χ0n) is 20.1. The van der Waals surface area contributed by atoms with E-state index in [2.05, 4.69) is 22.0 Å². The summed E-state index contributed by atoms with van der Waals surface area (Å²) in [6, 6.07) is 5.86. The lowest BCUT2D eigenvalue weighted by Gasteiger charge is -2.32. The molecular formula is C27H27F2N5O2. The van der Waals surface area contributed by atoms with Gasteiger partial charge in [-0.15, -0.1) is 0 Å². The van der Waals surface area contributed by atoms with Gasteiger partial charge >= 0.3 is 0 Å². The Kier molecular flexibility index (Phi) is 6.49. The van der Waals surface area contributed by atoms with Crippen LogP contribution in [0.25, 0.3) is 16.8 Å². The fraction of sp³-hybridized carbons (Fsp3) is 0.333. The fourth-order valence-electron chi connectivity index (χ4n) is 5.28. The molecule has 4 aromatic rings. The first-order chi connectivity index (χ1) is 17.3. The van der Waals surface area contributed by atoms with E-state index < -0.39 is 11.6 Å². The van der Waals surface area contributed by atoms with Gasteiger partial charge in [0.05, 0.1) is 24.4 Å². The van der Waals surface area contributed by atoms with Crippen molar-refractivity contribution in [2.75, 3.05) is 7.11 Å². The first kappa shape index (κ1) is 24.0. The maximum absolute atomic E-state index is 14.7. The van der Waals surface area contributed by atoms with Gasteiger partial charge in [0.1, 0.15) is 23.1 Å². The molecule has 7 nitrogen and oxygen atoms in total. The van der Waals surface area contributed by atoms with Gasteiger partial charge in [-0.1, -0.05) is 6.92 Å². The number of hydrogen-bond donors (Lipinski definition) is 1. The van der Waals surface area contributed by atoms with Crippen LogP contribution in [0.4, 0.5) is 8.78 Å². The summed E-state index contributed by atoms with van der Waals surface area (Å²) in [6.07, 6.45) is 9.36. The van der Waals surface area contributed by atoms with Gasteiger partial charge in [0.15, 0.2) is 11.4 Å². The first-order valence-corrected chi connectivity index (χ1v) is 11.9. The Morgan fingerprint density at radius 3 is 2.67 bits per heavy atom. The van der Waals surface area contributed by atoms with Crippen molar-refractivity contribution >= 4 is 11.4 Å². The number of pyridine rings is 1. The van der Waals surface area contributed by atoms with Gasteiger partial charge in [-0.25, -0.2) is 18.3 Å². The second-order valence-corrected chi connectivity index (χ2v) is 9.55. The number of nitrogens with zero attached hydrogens (tertiary/aromatic N) is 4. The molecule has 3 heterocycles. The summed E-state index contributed by atoms with van der Waals surface area (Å²) >= 11 is 0. The Morgan fingerprint density at radius 1 is 1.17 bits per heavy atom. The molecule has 0 radical (unpaired) electrons. The molecule has 0 spiro atoms. The zero-order chi connectivity index (χ0) is 25.4. The number of carbonyl (C=O) groups excluding carboxylic acids is 1. The molecule has 1 aromatic carbocycles. The fourth-order valence-corrected chi connectivity index (χ4v) is 5.28. The summed E-state index contributed by atoms with van der Waals surface area (Å²) in [7, 11) is 1.33. The van der Waals surface area contributed by atoms with Crippen LogP contribution in [0, 0.1) is 17.6 Å². The van der Waals surface area contributed by atoms with E-state index in [-0.39, 0.29) is 52.4 Å². The van der Waals surface area contributed by atoms with Crippen molar-refractivity contribution in [2.45, 2.75) is 44.6 Å². The smallest absolute Gasteiger partial charge is 0.185 e. The van der Waals surface area contributed by atoms with Crippen molar-refractivity contribution in [2.24, 2.45) is 11.7 Å². The number of rotatable bonds is 6. The minimum Gasteiger partial charge on any atom is -0.497 e. The van der Waals surface area contributed by atoms with Crippen molar-refractivity contribution in [1.82, 2.24) is 19.6 Å². The molecule has 1 fully saturated rings. The topological polar surface area (TPSA) is 95.4 Å². The molecule has 5 rings (SSSR count).